The van der Waals surface area contributed by atoms with Gasteiger partial charge >= 0.3 is 0 Å². The first kappa shape index (κ1) is 22.6. The number of carbonyl (C=O) groups is 1. The van der Waals surface area contributed by atoms with Crippen LogP contribution in [-0.4, -0.2) is 54.3 Å². The summed E-state index contributed by atoms with van der Waals surface area (Å²) in [5.74, 6) is 3.17. The van der Waals surface area contributed by atoms with Crippen LogP contribution in [0.1, 0.15) is 51.9 Å². The second-order valence-corrected chi connectivity index (χ2v) is 9.18. The Hall–Kier alpha value is -2.63. The minimum absolute atomic E-state index is 0.239. The van der Waals surface area contributed by atoms with E-state index in [4.69, 9.17) is 4.74 Å². The average Bonchev–Trinajstić information content (AvgIpc) is 2.87. The molecule has 6 heteroatoms. The minimum Gasteiger partial charge on any atom is -0.497 e. The third-order valence-electron chi connectivity index (χ3n) is 7.11. The molecule has 1 aromatic heterocycles. The topological polar surface area (TPSA) is 58.6 Å². The molecule has 172 valence electrons. The van der Waals surface area contributed by atoms with E-state index in [9.17, 15) is 4.79 Å². The van der Waals surface area contributed by atoms with Crippen LogP contribution in [0.2, 0.25) is 0 Å². The highest BCUT2D eigenvalue weighted by atomic mass is 16.5. The molecule has 2 aliphatic rings. The Morgan fingerprint density at radius 1 is 0.969 bits per heavy atom. The van der Waals surface area contributed by atoms with Crippen molar-refractivity contribution in [2.45, 2.75) is 51.9 Å². The van der Waals surface area contributed by atoms with Crippen molar-refractivity contribution in [2.24, 2.45) is 11.8 Å². The predicted molar refractivity (Wildman–Crippen MR) is 128 cm³/mol. The van der Waals surface area contributed by atoms with Gasteiger partial charge in [-0.2, -0.15) is 0 Å². The Labute approximate surface area is 192 Å². The molecule has 0 N–H and O–H groups in total. The zero-order valence-corrected chi connectivity index (χ0v) is 19.5. The Morgan fingerprint density at radius 3 is 2.28 bits per heavy atom. The molecule has 1 saturated heterocycles. The van der Waals surface area contributed by atoms with Crippen LogP contribution in [0.5, 0.6) is 5.75 Å². The number of carbonyl (C=O) groups excluding carboxylic acids is 1. The second-order valence-electron chi connectivity index (χ2n) is 9.18. The number of benzene rings is 1. The Bertz CT molecular complexity index is 852. The van der Waals surface area contributed by atoms with Gasteiger partial charge < -0.3 is 14.5 Å². The van der Waals surface area contributed by atoms with Gasteiger partial charge in [0.25, 0.3) is 0 Å². The summed E-state index contributed by atoms with van der Waals surface area (Å²) < 4.78 is 5.22. The molecule has 0 radical (unpaired) electrons. The van der Waals surface area contributed by atoms with Gasteiger partial charge in [0.2, 0.25) is 5.91 Å². The van der Waals surface area contributed by atoms with E-state index in [-0.39, 0.29) is 5.92 Å². The lowest BCUT2D eigenvalue weighted by atomic mass is 9.79. The van der Waals surface area contributed by atoms with Crippen LogP contribution >= 0.6 is 0 Å². The van der Waals surface area contributed by atoms with E-state index in [0.717, 1.165) is 67.8 Å². The molecule has 0 spiro atoms. The summed E-state index contributed by atoms with van der Waals surface area (Å²) >= 11 is 0. The van der Waals surface area contributed by atoms with Crippen LogP contribution in [0, 0.1) is 11.8 Å². The van der Waals surface area contributed by atoms with Gasteiger partial charge in [-0.05, 0) is 68.0 Å². The molecule has 0 atom stereocenters. The number of rotatable bonds is 7. The average molecular weight is 437 g/mol. The maximum absolute atomic E-state index is 13.0. The van der Waals surface area contributed by atoms with E-state index in [2.05, 4.69) is 26.9 Å². The van der Waals surface area contributed by atoms with Gasteiger partial charge in [-0.25, -0.2) is 0 Å². The van der Waals surface area contributed by atoms with E-state index < -0.39 is 0 Å². The van der Waals surface area contributed by atoms with Crippen LogP contribution in [-0.2, 0) is 4.79 Å². The molecule has 6 nitrogen and oxygen atoms in total. The number of nitrogens with zero attached hydrogens (tertiary/aromatic N) is 4. The molecule has 2 aromatic rings. The van der Waals surface area contributed by atoms with Gasteiger partial charge in [-0.1, -0.05) is 26.2 Å². The smallest absolute Gasteiger partial charge is 0.225 e. The molecule has 1 amide bonds. The van der Waals surface area contributed by atoms with Crippen molar-refractivity contribution in [1.82, 2.24) is 15.1 Å². The molecular weight excluding hydrogens is 400 g/mol. The van der Waals surface area contributed by atoms with Crippen LogP contribution in [0.25, 0.3) is 11.3 Å². The lowest BCUT2D eigenvalue weighted by Gasteiger charge is -2.38. The first-order valence-corrected chi connectivity index (χ1v) is 12.2. The number of hydrogen-bond donors (Lipinski definition) is 0. The van der Waals surface area contributed by atoms with Gasteiger partial charge in [0, 0.05) is 37.7 Å². The largest absolute Gasteiger partial charge is 0.497 e. The number of unbranched alkanes of at least 4 members (excludes halogenated alkanes) is 1. The summed E-state index contributed by atoms with van der Waals surface area (Å²) in [6.45, 7) is 5.44. The fourth-order valence-electron chi connectivity index (χ4n) is 5.01. The van der Waals surface area contributed by atoms with E-state index >= 15 is 0 Å². The van der Waals surface area contributed by atoms with E-state index in [1.807, 2.05) is 36.4 Å². The molecular formula is C26H36N4O2. The maximum Gasteiger partial charge on any atom is 0.225 e. The van der Waals surface area contributed by atoms with Crippen molar-refractivity contribution >= 4 is 11.7 Å². The normalized spacial score (nSPS) is 21.4. The van der Waals surface area contributed by atoms with Crippen LogP contribution in [0.15, 0.2) is 36.4 Å². The molecule has 1 aliphatic carbocycles. The third-order valence-corrected chi connectivity index (χ3v) is 7.11. The quantitative estimate of drug-likeness (QED) is 0.624. The van der Waals surface area contributed by atoms with Crippen molar-refractivity contribution in [3.05, 3.63) is 36.4 Å². The molecule has 2 heterocycles. The summed E-state index contributed by atoms with van der Waals surface area (Å²) in [7, 11) is 1.66. The van der Waals surface area contributed by atoms with Gasteiger partial charge in [0.15, 0.2) is 5.82 Å². The van der Waals surface area contributed by atoms with Crippen molar-refractivity contribution in [3.63, 3.8) is 0 Å². The van der Waals surface area contributed by atoms with Crippen molar-refractivity contribution < 1.29 is 9.53 Å². The fourth-order valence-corrected chi connectivity index (χ4v) is 5.01. The number of methoxy groups -OCH3 is 1. The summed E-state index contributed by atoms with van der Waals surface area (Å²) in [5.41, 5.74) is 1.87. The third kappa shape index (κ3) is 5.40. The molecule has 32 heavy (non-hydrogen) atoms. The SMILES string of the molecule is CCCCC1CCC(C(=O)N2CCN(c3ccc(-c4ccc(OC)cc4)nn3)CC2)CC1. The lowest BCUT2D eigenvalue weighted by molar-refractivity contribution is -0.137. The Morgan fingerprint density at radius 2 is 1.69 bits per heavy atom. The highest BCUT2D eigenvalue weighted by molar-refractivity contribution is 5.79. The zero-order chi connectivity index (χ0) is 22.3. The number of piperazine rings is 1. The van der Waals surface area contributed by atoms with Crippen LogP contribution in [0.3, 0.4) is 0 Å². The molecule has 4 rings (SSSR count). The highest BCUT2D eigenvalue weighted by Gasteiger charge is 2.31. The Balaban J connectivity index is 1.26. The van der Waals surface area contributed by atoms with E-state index in [1.165, 1.54) is 32.1 Å². The first-order valence-electron chi connectivity index (χ1n) is 12.2. The highest BCUT2D eigenvalue weighted by Crippen LogP contribution is 2.33. The minimum atomic E-state index is 0.239. The first-order chi connectivity index (χ1) is 15.7. The molecule has 0 unspecified atom stereocenters. The van der Waals surface area contributed by atoms with Gasteiger partial charge in [-0.3, -0.25) is 4.79 Å². The molecule has 2 fully saturated rings. The fraction of sp³-hybridized carbons (Fsp3) is 0.577. The molecule has 1 aliphatic heterocycles. The van der Waals surface area contributed by atoms with Crippen molar-refractivity contribution in [2.75, 3.05) is 38.2 Å². The molecule has 0 bridgehead atoms. The number of hydrogen-bond acceptors (Lipinski definition) is 5. The van der Waals surface area contributed by atoms with E-state index in [0.29, 0.717) is 5.91 Å². The maximum atomic E-state index is 13.0. The van der Waals surface area contributed by atoms with Crippen LogP contribution in [0.4, 0.5) is 5.82 Å². The van der Waals surface area contributed by atoms with Gasteiger partial charge in [0.1, 0.15) is 5.75 Å². The van der Waals surface area contributed by atoms with Gasteiger partial charge in [0.05, 0.1) is 12.8 Å². The summed E-state index contributed by atoms with van der Waals surface area (Å²) in [6.07, 6.45) is 8.55. The summed E-state index contributed by atoms with van der Waals surface area (Å²) in [5, 5.41) is 8.88. The monoisotopic (exact) mass is 436 g/mol. The summed E-state index contributed by atoms with van der Waals surface area (Å²) in [4.78, 5) is 17.3. The number of aromatic nitrogens is 2. The van der Waals surface area contributed by atoms with Crippen LogP contribution < -0.4 is 9.64 Å². The number of ether oxygens (including phenoxy) is 1. The zero-order valence-electron chi connectivity index (χ0n) is 19.5. The molecule has 1 aromatic carbocycles. The molecule has 1 saturated carbocycles. The van der Waals surface area contributed by atoms with E-state index in [1.54, 1.807) is 7.11 Å². The second kappa shape index (κ2) is 10.8. The summed E-state index contributed by atoms with van der Waals surface area (Å²) in [6, 6.07) is 11.9. The van der Waals surface area contributed by atoms with Crippen molar-refractivity contribution in [3.8, 4) is 17.0 Å². The van der Waals surface area contributed by atoms with Crippen molar-refractivity contribution in [1.29, 1.82) is 0 Å². The predicted octanol–water partition coefficient (Wildman–Crippen LogP) is 4.80. The number of amides is 1. The standard InChI is InChI=1S/C26H36N4O2/c1-3-4-5-20-6-8-22(9-7-20)26(31)30-18-16-29(17-19-30)25-15-14-24(27-28-25)21-10-12-23(32-2)13-11-21/h10-15,20,22H,3-9,16-19H2,1-2H3. The van der Waals surface area contributed by atoms with Gasteiger partial charge in [-0.15, -0.1) is 10.2 Å². The number of anilines is 1. The lowest BCUT2D eigenvalue weighted by Crippen LogP contribution is -2.51. The Kier molecular flexibility index (Phi) is 7.61.